The van der Waals surface area contributed by atoms with E-state index in [1.165, 1.54) is 31.4 Å². The number of rotatable bonds is 9. The smallest absolute Gasteiger partial charge is 0.381 e. The van der Waals surface area contributed by atoms with Crippen LogP contribution >= 0.6 is 0 Å². The number of carbonyl (C=O) groups is 1. The fraction of sp³-hybridized carbons (Fsp3) is 0.435. The molecule has 0 unspecified atom stereocenters. The topological polar surface area (TPSA) is 70.6 Å². The number of carbonyl (C=O) groups excluding carboxylic acids is 1. The molecule has 0 radical (unpaired) electrons. The Balaban J connectivity index is 2.27. The average molecular weight is 546 g/mol. The van der Waals surface area contributed by atoms with Crippen molar-refractivity contribution in [2.75, 3.05) is 19.0 Å². The molecule has 0 saturated carbocycles. The summed E-state index contributed by atoms with van der Waals surface area (Å²) in [5.41, 5.74) is -9.19. The Bertz CT molecular complexity index is 1030. The average Bonchev–Trinajstić information content (AvgIpc) is 2.79. The van der Waals surface area contributed by atoms with Gasteiger partial charge in [0.25, 0.3) is 0 Å². The number of nitrogens with one attached hydrogen (secondary N) is 2. The largest absolute Gasteiger partial charge is 0.423 e. The van der Waals surface area contributed by atoms with Crippen molar-refractivity contribution in [1.29, 1.82) is 0 Å². The second kappa shape index (κ2) is 11.2. The van der Waals surface area contributed by atoms with Crippen LogP contribution in [0.3, 0.4) is 0 Å². The standard InChI is InChI=1S/C23H23F9N2O3/c1-13(37-2)7-19(35)33-11-14-3-5-18(6-4-14)34-12-20(36,23(30,31)32)15-8-16(21(24,25)26)10-17(9-15)22(27,28)29/h3-6,8-10,13,34,36H,7,11-12H2,1-2H3,(H,33,35)/t13-,20+/m1/s1. The van der Waals surface area contributed by atoms with Crippen LogP contribution in [0.15, 0.2) is 42.5 Å². The third-order valence-electron chi connectivity index (χ3n) is 5.40. The summed E-state index contributed by atoms with van der Waals surface area (Å²) in [5.74, 6) is -0.314. The lowest BCUT2D eigenvalue weighted by atomic mass is 9.89. The lowest BCUT2D eigenvalue weighted by molar-refractivity contribution is -0.261. The first-order chi connectivity index (χ1) is 16.9. The SMILES string of the molecule is CO[C@H](C)CC(=O)NCc1ccc(NC[C@](O)(c2cc(C(F)(F)F)cc(C(F)(F)F)c2)C(F)(F)F)cc1. The first-order valence-electron chi connectivity index (χ1n) is 10.6. The Hall–Kier alpha value is -3.00. The van der Waals surface area contributed by atoms with Gasteiger partial charge in [0.2, 0.25) is 11.5 Å². The van der Waals surface area contributed by atoms with Crippen molar-refractivity contribution in [2.45, 2.75) is 50.1 Å². The molecule has 37 heavy (non-hydrogen) atoms. The van der Waals surface area contributed by atoms with Gasteiger partial charge in [0.15, 0.2) is 0 Å². The van der Waals surface area contributed by atoms with Crippen molar-refractivity contribution in [2.24, 2.45) is 0 Å². The van der Waals surface area contributed by atoms with Crippen LogP contribution in [0.25, 0.3) is 0 Å². The van der Waals surface area contributed by atoms with E-state index in [2.05, 4.69) is 10.6 Å². The summed E-state index contributed by atoms with van der Waals surface area (Å²) < 4.78 is 125. The molecule has 0 aliphatic carbocycles. The number of alkyl halides is 9. The van der Waals surface area contributed by atoms with E-state index in [1.807, 2.05) is 0 Å². The summed E-state index contributed by atoms with van der Waals surface area (Å²) in [5, 5.41) is 15.2. The Labute approximate surface area is 205 Å². The highest BCUT2D eigenvalue weighted by Crippen LogP contribution is 2.44. The van der Waals surface area contributed by atoms with E-state index >= 15 is 0 Å². The third-order valence-corrected chi connectivity index (χ3v) is 5.40. The number of hydrogen-bond donors (Lipinski definition) is 3. The molecule has 2 aromatic rings. The molecule has 0 saturated heterocycles. The van der Waals surface area contributed by atoms with Gasteiger partial charge in [0.1, 0.15) is 0 Å². The highest BCUT2D eigenvalue weighted by molar-refractivity contribution is 5.76. The third kappa shape index (κ3) is 7.99. The summed E-state index contributed by atoms with van der Waals surface area (Å²) in [6.07, 6.45) is -16.7. The quantitative estimate of drug-likeness (QED) is 0.357. The molecule has 1 amide bonds. The van der Waals surface area contributed by atoms with Crippen molar-refractivity contribution in [3.63, 3.8) is 0 Å². The predicted molar refractivity (Wildman–Crippen MR) is 114 cm³/mol. The van der Waals surface area contributed by atoms with Gasteiger partial charge in [0.05, 0.1) is 30.2 Å². The maximum atomic E-state index is 13.8. The Morgan fingerprint density at radius 2 is 1.38 bits per heavy atom. The molecule has 0 heterocycles. The van der Waals surface area contributed by atoms with Crippen LogP contribution in [0.2, 0.25) is 0 Å². The molecule has 3 N–H and O–H groups in total. The number of hydrogen-bond acceptors (Lipinski definition) is 4. The minimum absolute atomic E-state index is 0.0197. The normalized spacial score (nSPS) is 15.1. The van der Waals surface area contributed by atoms with Crippen molar-refractivity contribution in [3.05, 3.63) is 64.7 Å². The van der Waals surface area contributed by atoms with E-state index in [0.717, 1.165) is 0 Å². The predicted octanol–water partition coefficient (Wildman–Crippen LogP) is 5.63. The van der Waals surface area contributed by atoms with E-state index < -0.39 is 47.4 Å². The summed E-state index contributed by atoms with van der Waals surface area (Å²) in [6.45, 7) is 0.276. The molecule has 0 aromatic heterocycles. The summed E-state index contributed by atoms with van der Waals surface area (Å²) in [7, 11) is 1.44. The van der Waals surface area contributed by atoms with E-state index in [-0.39, 0.29) is 48.9 Å². The van der Waals surface area contributed by atoms with Gasteiger partial charge in [-0.2, -0.15) is 39.5 Å². The summed E-state index contributed by atoms with van der Waals surface area (Å²) in [6, 6.07) is 4.71. The monoisotopic (exact) mass is 546 g/mol. The number of anilines is 1. The fourth-order valence-corrected chi connectivity index (χ4v) is 3.15. The van der Waals surface area contributed by atoms with E-state index in [1.54, 1.807) is 6.92 Å². The first kappa shape index (κ1) is 30.2. The zero-order chi connectivity index (χ0) is 28.2. The molecule has 0 bridgehead atoms. The molecule has 0 fully saturated rings. The van der Waals surface area contributed by atoms with E-state index in [9.17, 15) is 49.4 Å². The minimum Gasteiger partial charge on any atom is -0.381 e. The second-order valence-electron chi connectivity index (χ2n) is 8.23. The molecular weight excluding hydrogens is 523 g/mol. The molecule has 2 aromatic carbocycles. The second-order valence-corrected chi connectivity index (χ2v) is 8.23. The molecular formula is C23H23F9N2O3. The molecule has 0 aliphatic rings. The van der Waals surface area contributed by atoms with Crippen molar-refractivity contribution >= 4 is 11.6 Å². The molecule has 206 valence electrons. The minimum atomic E-state index is -5.64. The van der Waals surface area contributed by atoms with Crippen molar-refractivity contribution in [1.82, 2.24) is 5.32 Å². The van der Waals surface area contributed by atoms with Crippen LogP contribution in [-0.2, 0) is 34.0 Å². The Kier molecular flexibility index (Phi) is 9.13. The zero-order valence-electron chi connectivity index (χ0n) is 19.4. The number of methoxy groups -OCH3 is 1. The van der Waals surface area contributed by atoms with E-state index in [4.69, 9.17) is 4.74 Å². The summed E-state index contributed by atoms with van der Waals surface area (Å²) in [4.78, 5) is 11.8. The van der Waals surface area contributed by atoms with E-state index in [0.29, 0.717) is 5.56 Å². The van der Waals surface area contributed by atoms with Crippen LogP contribution in [0, 0.1) is 0 Å². The number of amides is 1. The molecule has 14 heteroatoms. The van der Waals surface area contributed by atoms with Crippen LogP contribution in [0.5, 0.6) is 0 Å². The highest BCUT2D eigenvalue weighted by atomic mass is 19.4. The van der Waals surface area contributed by atoms with Gasteiger partial charge in [-0.3, -0.25) is 4.79 Å². The maximum absolute atomic E-state index is 13.8. The van der Waals surface area contributed by atoms with Crippen LogP contribution < -0.4 is 10.6 Å². The molecule has 2 atom stereocenters. The van der Waals surface area contributed by atoms with Gasteiger partial charge >= 0.3 is 18.5 Å². The van der Waals surface area contributed by atoms with Crippen LogP contribution in [-0.4, -0.2) is 36.9 Å². The van der Waals surface area contributed by atoms with Gasteiger partial charge in [0, 0.05) is 19.3 Å². The van der Waals surface area contributed by atoms with Gasteiger partial charge in [-0.15, -0.1) is 0 Å². The fourth-order valence-electron chi connectivity index (χ4n) is 3.15. The van der Waals surface area contributed by atoms with Gasteiger partial charge in [-0.05, 0) is 48.4 Å². The number of halogens is 9. The lowest BCUT2D eigenvalue weighted by Crippen LogP contribution is -2.48. The molecule has 2 rings (SSSR count). The molecule has 5 nitrogen and oxygen atoms in total. The maximum Gasteiger partial charge on any atom is 0.423 e. The number of ether oxygens (including phenoxy) is 1. The summed E-state index contributed by atoms with van der Waals surface area (Å²) >= 11 is 0. The number of benzene rings is 2. The first-order valence-corrected chi connectivity index (χ1v) is 10.6. The van der Waals surface area contributed by atoms with Crippen molar-refractivity contribution < 1.29 is 54.2 Å². The van der Waals surface area contributed by atoms with Crippen LogP contribution in [0.1, 0.15) is 35.6 Å². The Morgan fingerprint density at radius 1 is 0.892 bits per heavy atom. The van der Waals surface area contributed by atoms with Gasteiger partial charge < -0.3 is 20.5 Å². The van der Waals surface area contributed by atoms with Crippen molar-refractivity contribution in [3.8, 4) is 0 Å². The molecule has 0 spiro atoms. The number of aliphatic hydroxyl groups is 1. The van der Waals surface area contributed by atoms with Gasteiger partial charge in [-0.1, -0.05) is 12.1 Å². The zero-order valence-corrected chi connectivity index (χ0v) is 19.4. The highest BCUT2D eigenvalue weighted by Gasteiger charge is 2.56. The van der Waals surface area contributed by atoms with Crippen LogP contribution in [0.4, 0.5) is 45.2 Å². The Morgan fingerprint density at radius 3 is 1.81 bits per heavy atom. The lowest BCUT2D eigenvalue weighted by Gasteiger charge is -2.32. The van der Waals surface area contributed by atoms with Gasteiger partial charge in [-0.25, -0.2) is 0 Å². The molecule has 0 aliphatic heterocycles.